The standard InChI is InChI=1S/C38H48N6O12/c1-18(2)30(36(53)41-25(16-29(47)48)34(51)43-31(19(3)4)38(55)56)42-33(50)24(12-11-20-17-39-23-9-6-5-8-22(20)23)40-35(52)26-10-7-13-44(26)37(54)21-14-27(45)32(49)28(46)15-21/h5-6,8-9,14-15,17-19,24-26,30-31,39,45-46,49H,7,10-13,16H2,1-4H3,(H,40,52)(H,41,53)(H,42,50)(H,43,51)(H,47,48)(H,55,56)/t24-,25-,26+,30+,31+/m0/s1. The molecular weight excluding hydrogens is 732 g/mol. The van der Waals surface area contributed by atoms with Gasteiger partial charge in [0.25, 0.3) is 5.91 Å². The number of carboxylic acid groups (broad SMARTS) is 2. The van der Waals surface area contributed by atoms with E-state index in [-0.39, 0.29) is 31.4 Å². The number of fused-ring (bicyclic) bond motifs is 1. The smallest absolute Gasteiger partial charge is 0.326 e. The third kappa shape index (κ3) is 10.2. The summed E-state index contributed by atoms with van der Waals surface area (Å²) in [5.74, 6) is -10.5. The summed E-state index contributed by atoms with van der Waals surface area (Å²) in [6, 6.07) is 2.62. The van der Waals surface area contributed by atoms with Crippen molar-refractivity contribution in [1.82, 2.24) is 31.2 Å². The van der Waals surface area contributed by atoms with Crippen molar-refractivity contribution in [2.24, 2.45) is 11.8 Å². The van der Waals surface area contributed by atoms with Crippen LogP contribution in [0.3, 0.4) is 0 Å². The lowest BCUT2D eigenvalue weighted by atomic mass is 9.99. The molecule has 1 aliphatic heterocycles. The van der Waals surface area contributed by atoms with Gasteiger partial charge >= 0.3 is 11.9 Å². The third-order valence-electron chi connectivity index (χ3n) is 9.63. The van der Waals surface area contributed by atoms with Gasteiger partial charge < -0.3 is 56.7 Å². The second kappa shape index (κ2) is 18.3. The summed E-state index contributed by atoms with van der Waals surface area (Å²) >= 11 is 0. The molecule has 1 aromatic heterocycles. The first-order valence-electron chi connectivity index (χ1n) is 18.2. The van der Waals surface area contributed by atoms with Crippen LogP contribution in [0.25, 0.3) is 10.9 Å². The van der Waals surface area contributed by atoms with Crippen LogP contribution in [0.2, 0.25) is 0 Å². The monoisotopic (exact) mass is 780 g/mol. The number of carboxylic acids is 2. The van der Waals surface area contributed by atoms with E-state index in [1.165, 1.54) is 18.7 Å². The molecule has 18 nitrogen and oxygen atoms in total. The molecule has 5 amide bonds. The highest BCUT2D eigenvalue weighted by atomic mass is 16.4. The second-order valence-electron chi connectivity index (χ2n) is 14.4. The minimum absolute atomic E-state index is 0.0298. The van der Waals surface area contributed by atoms with Crippen molar-refractivity contribution in [2.75, 3.05) is 6.54 Å². The van der Waals surface area contributed by atoms with Crippen molar-refractivity contribution in [3.05, 3.63) is 53.7 Å². The molecule has 302 valence electrons. The highest BCUT2D eigenvalue weighted by Crippen LogP contribution is 2.36. The van der Waals surface area contributed by atoms with E-state index in [0.717, 1.165) is 28.6 Å². The van der Waals surface area contributed by atoms with E-state index in [2.05, 4.69) is 26.3 Å². The predicted molar refractivity (Wildman–Crippen MR) is 199 cm³/mol. The summed E-state index contributed by atoms with van der Waals surface area (Å²) in [4.78, 5) is 95.8. The fraction of sp³-hybridized carbons (Fsp3) is 0.447. The molecular formula is C38H48N6O12. The Morgan fingerprint density at radius 3 is 2.02 bits per heavy atom. The number of phenols is 3. The first kappa shape index (κ1) is 42.4. The van der Waals surface area contributed by atoms with Gasteiger partial charge in [0.15, 0.2) is 17.2 Å². The van der Waals surface area contributed by atoms with Crippen LogP contribution in [0, 0.1) is 11.8 Å². The summed E-state index contributed by atoms with van der Waals surface area (Å²) in [7, 11) is 0. The van der Waals surface area contributed by atoms with E-state index in [0.29, 0.717) is 6.42 Å². The van der Waals surface area contributed by atoms with E-state index in [1.807, 2.05) is 24.3 Å². The summed E-state index contributed by atoms with van der Waals surface area (Å²) in [6.45, 7) is 6.40. The number of nitrogens with one attached hydrogen (secondary N) is 5. The number of benzene rings is 2. The molecule has 56 heavy (non-hydrogen) atoms. The Morgan fingerprint density at radius 2 is 1.41 bits per heavy atom. The number of nitrogens with zero attached hydrogens (tertiary/aromatic N) is 1. The van der Waals surface area contributed by atoms with Crippen molar-refractivity contribution in [1.29, 1.82) is 0 Å². The molecule has 1 aliphatic rings. The van der Waals surface area contributed by atoms with Crippen LogP contribution in [0.4, 0.5) is 0 Å². The van der Waals surface area contributed by atoms with Crippen LogP contribution in [0.1, 0.15) is 69.3 Å². The zero-order chi connectivity index (χ0) is 41.4. The fourth-order valence-electron chi connectivity index (χ4n) is 6.55. The summed E-state index contributed by atoms with van der Waals surface area (Å²) in [6.07, 6.45) is 1.83. The Morgan fingerprint density at radius 1 is 0.804 bits per heavy atom. The molecule has 5 atom stereocenters. The average molecular weight is 781 g/mol. The van der Waals surface area contributed by atoms with Crippen LogP contribution in [0.5, 0.6) is 17.2 Å². The van der Waals surface area contributed by atoms with Crippen LogP contribution < -0.4 is 21.3 Å². The molecule has 4 rings (SSSR count). The van der Waals surface area contributed by atoms with Crippen molar-refractivity contribution in [3.8, 4) is 17.2 Å². The van der Waals surface area contributed by atoms with Gasteiger partial charge in [0, 0.05) is 29.2 Å². The van der Waals surface area contributed by atoms with Gasteiger partial charge in [-0.3, -0.25) is 28.8 Å². The quantitative estimate of drug-likeness (QED) is 0.0869. The number of aromatic amines is 1. The molecule has 0 unspecified atom stereocenters. The summed E-state index contributed by atoms with van der Waals surface area (Å²) in [5.41, 5.74) is 1.49. The van der Waals surface area contributed by atoms with Crippen LogP contribution >= 0.6 is 0 Å². The van der Waals surface area contributed by atoms with Gasteiger partial charge in [-0.15, -0.1) is 0 Å². The van der Waals surface area contributed by atoms with E-state index in [1.54, 1.807) is 20.0 Å². The average Bonchev–Trinajstić information content (AvgIpc) is 3.79. The lowest BCUT2D eigenvalue weighted by Gasteiger charge is -2.29. The fourth-order valence-corrected chi connectivity index (χ4v) is 6.55. The van der Waals surface area contributed by atoms with Gasteiger partial charge in [0.2, 0.25) is 23.6 Å². The zero-order valence-corrected chi connectivity index (χ0v) is 31.4. The maximum Gasteiger partial charge on any atom is 0.326 e. The van der Waals surface area contributed by atoms with E-state index < -0.39 is 107 Å². The minimum atomic E-state index is -1.69. The molecule has 3 aromatic rings. The van der Waals surface area contributed by atoms with Crippen LogP contribution in [0.15, 0.2) is 42.6 Å². The Balaban J connectivity index is 1.57. The van der Waals surface area contributed by atoms with Crippen molar-refractivity contribution in [2.45, 2.75) is 90.0 Å². The number of aryl methyl sites for hydroxylation is 1. The molecule has 2 aromatic carbocycles. The Labute approximate surface area is 321 Å². The number of para-hydroxylation sites is 1. The molecule has 1 saturated heterocycles. The summed E-state index contributed by atoms with van der Waals surface area (Å²) in [5, 5.41) is 59.5. The number of likely N-dealkylation sites (tertiary alicyclic amines) is 1. The largest absolute Gasteiger partial charge is 0.504 e. The number of amides is 5. The summed E-state index contributed by atoms with van der Waals surface area (Å²) < 4.78 is 0. The second-order valence-corrected chi connectivity index (χ2v) is 14.4. The highest BCUT2D eigenvalue weighted by Gasteiger charge is 2.38. The molecule has 0 aliphatic carbocycles. The third-order valence-corrected chi connectivity index (χ3v) is 9.63. The van der Waals surface area contributed by atoms with E-state index in [4.69, 9.17) is 0 Å². The lowest BCUT2D eigenvalue weighted by molar-refractivity contribution is -0.144. The number of hydrogen-bond acceptors (Lipinski definition) is 10. The van der Waals surface area contributed by atoms with E-state index >= 15 is 0 Å². The van der Waals surface area contributed by atoms with Crippen molar-refractivity contribution >= 4 is 52.4 Å². The minimum Gasteiger partial charge on any atom is -0.504 e. The number of phenolic OH excluding ortho intramolecular Hbond substituents is 3. The Hall–Kier alpha value is -6.33. The molecule has 0 saturated carbocycles. The normalized spacial score (nSPS) is 16.2. The number of carbonyl (C=O) groups excluding carboxylic acids is 5. The first-order valence-corrected chi connectivity index (χ1v) is 18.2. The van der Waals surface area contributed by atoms with E-state index in [9.17, 15) is 59.1 Å². The number of aliphatic carboxylic acids is 2. The van der Waals surface area contributed by atoms with Crippen LogP contribution in [-0.4, -0.2) is 114 Å². The van der Waals surface area contributed by atoms with Gasteiger partial charge in [0.05, 0.1) is 6.42 Å². The Kier molecular flexibility index (Phi) is 13.9. The number of H-pyrrole nitrogens is 1. The first-order chi connectivity index (χ1) is 26.4. The molecule has 2 heterocycles. The Bertz CT molecular complexity index is 1950. The van der Waals surface area contributed by atoms with Gasteiger partial charge in [-0.1, -0.05) is 45.9 Å². The zero-order valence-electron chi connectivity index (χ0n) is 31.4. The predicted octanol–water partition coefficient (Wildman–Crippen LogP) is 1.33. The topological polar surface area (TPSA) is 288 Å². The SMILES string of the molecule is CC(C)[C@@H](NC(=O)[C@H](CC(=O)O)NC(=O)[C@H](NC(=O)[C@H](CCc1c[nH]c2ccccc12)NC(=O)[C@H]1CCCN1C(=O)c1cc(O)c(O)c(O)c1)C(C)C)C(=O)O. The van der Waals surface area contributed by atoms with Gasteiger partial charge in [-0.25, -0.2) is 4.79 Å². The molecule has 10 N–H and O–H groups in total. The van der Waals surface area contributed by atoms with Crippen molar-refractivity contribution in [3.63, 3.8) is 0 Å². The number of carbonyl (C=O) groups is 7. The number of aromatic nitrogens is 1. The molecule has 1 fully saturated rings. The number of rotatable bonds is 17. The van der Waals surface area contributed by atoms with Gasteiger partial charge in [0.1, 0.15) is 30.2 Å². The molecule has 0 spiro atoms. The maximum absolute atomic E-state index is 14.1. The maximum atomic E-state index is 14.1. The van der Waals surface area contributed by atoms with Gasteiger partial charge in [-0.05, 0) is 61.3 Å². The number of hydrogen-bond donors (Lipinski definition) is 10. The molecule has 0 radical (unpaired) electrons. The lowest BCUT2D eigenvalue weighted by Crippen LogP contribution is -2.60. The van der Waals surface area contributed by atoms with Gasteiger partial charge in [-0.2, -0.15) is 0 Å². The highest BCUT2D eigenvalue weighted by molar-refractivity contribution is 6.00. The van der Waals surface area contributed by atoms with Crippen molar-refractivity contribution < 1.29 is 59.1 Å². The molecule has 18 heteroatoms. The van der Waals surface area contributed by atoms with Crippen LogP contribution in [-0.2, 0) is 35.2 Å². The number of aromatic hydroxyl groups is 3. The molecule has 0 bridgehead atoms.